The molecule has 82 valence electrons. The molecule has 1 atom stereocenters. The summed E-state index contributed by atoms with van der Waals surface area (Å²) < 4.78 is 5.25. The lowest BCUT2D eigenvalue weighted by Crippen LogP contribution is -2.33. The highest BCUT2D eigenvalue weighted by atomic mass is 16.3. The van der Waals surface area contributed by atoms with Crippen LogP contribution < -0.4 is 5.32 Å². The smallest absolute Gasteiger partial charge is 0.244 e. The molecule has 4 nitrogen and oxygen atoms in total. The number of aryl methyl sites for hydroxylation is 1. The van der Waals surface area contributed by atoms with Gasteiger partial charge in [0.25, 0.3) is 0 Å². The highest BCUT2D eigenvalue weighted by Gasteiger charge is 2.02. The first-order chi connectivity index (χ1) is 7.11. The van der Waals surface area contributed by atoms with Gasteiger partial charge in [0.1, 0.15) is 11.5 Å². The lowest BCUT2D eigenvalue weighted by atomic mass is 10.3. The van der Waals surface area contributed by atoms with E-state index in [2.05, 4.69) is 5.32 Å². The van der Waals surface area contributed by atoms with Crippen molar-refractivity contribution in [2.45, 2.75) is 19.9 Å². The Morgan fingerprint density at radius 2 is 2.40 bits per heavy atom. The number of carbonyl (C=O) groups excluding carboxylic acids is 1. The van der Waals surface area contributed by atoms with Gasteiger partial charge >= 0.3 is 0 Å². The van der Waals surface area contributed by atoms with Crippen LogP contribution in [0, 0.1) is 6.92 Å². The number of amides is 1. The minimum Gasteiger partial charge on any atom is -0.462 e. The van der Waals surface area contributed by atoms with E-state index in [-0.39, 0.29) is 18.6 Å². The predicted molar refractivity (Wildman–Crippen MR) is 57.2 cm³/mol. The molecule has 0 fully saturated rings. The molecule has 0 radical (unpaired) electrons. The maximum Gasteiger partial charge on any atom is 0.244 e. The van der Waals surface area contributed by atoms with E-state index >= 15 is 0 Å². The van der Waals surface area contributed by atoms with Gasteiger partial charge in [0.2, 0.25) is 5.91 Å². The summed E-state index contributed by atoms with van der Waals surface area (Å²) in [6, 6.07) is 3.38. The second-order valence-corrected chi connectivity index (χ2v) is 3.37. The fourth-order valence-corrected chi connectivity index (χ4v) is 1.04. The van der Waals surface area contributed by atoms with Crippen molar-refractivity contribution in [3.8, 4) is 0 Å². The average Bonchev–Trinajstić information content (AvgIpc) is 2.61. The molecule has 1 aromatic heterocycles. The zero-order valence-corrected chi connectivity index (χ0v) is 8.86. The van der Waals surface area contributed by atoms with Crippen LogP contribution in [0.4, 0.5) is 0 Å². The number of carbonyl (C=O) groups is 1. The summed E-state index contributed by atoms with van der Waals surface area (Å²) in [5, 5.41) is 11.3. The second kappa shape index (κ2) is 5.36. The summed E-state index contributed by atoms with van der Waals surface area (Å²) in [6.07, 6.45) is 2.97. The number of aliphatic hydroxyl groups is 1. The van der Waals surface area contributed by atoms with Crippen molar-refractivity contribution in [3.05, 3.63) is 29.7 Å². The topological polar surface area (TPSA) is 62.5 Å². The Hall–Kier alpha value is -1.55. The minimum atomic E-state index is -0.245. The van der Waals surface area contributed by atoms with E-state index in [1.807, 2.05) is 13.0 Å². The summed E-state index contributed by atoms with van der Waals surface area (Å²) in [7, 11) is 0. The standard InChI is InChI=1S/C11H15NO3/c1-8(7-13)12-11(14)6-5-10-4-3-9(2)15-10/h3-6,8,13H,7H2,1-2H3,(H,12,14)/b6-5+. The largest absolute Gasteiger partial charge is 0.462 e. The summed E-state index contributed by atoms with van der Waals surface area (Å²) in [5.74, 6) is 1.20. The van der Waals surface area contributed by atoms with E-state index < -0.39 is 0 Å². The molecule has 0 aliphatic rings. The molecule has 0 saturated carbocycles. The third-order valence-electron chi connectivity index (χ3n) is 1.82. The monoisotopic (exact) mass is 209 g/mol. The first-order valence-corrected chi connectivity index (χ1v) is 4.77. The van der Waals surface area contributed by atoms with Crippen LogP contribution >= 0.6 is 0 Å². The summed E-state index contributed by atoms with van der Waals surface area (Å²) >= 11 is 0. The van der Waals surface area contributed by atoms with Gasteiger partial charge in [-0.1, -0.05) is 0 Å². The van der Waals surface area contributed by atoms with Crippen molar-refractivity contribution in [1.82, 2.24) is 5.32 Å². The van der Waals surface area contributed by atoms with Crippen LogP contribution in [-0.2, 0) is 4.79 Å². The van der Waals surface area contributed by atoms with Gasteiger partial charge in [0.05, 0.1) is 6.61 Å². The van der Waals surface area contributed by atoms with E-state index in [9.17, 15) is 4.79 Å². The molecule has 0 aliphatic carbocycles. The van der Waals surface area contributed by atoms with Crippen LogP contribution in [0.3, 0.4) is 0 Å². The van der Waals surface area contributed by atoms with Crippen molar-refractivity contribution in [2.75, 3.05) is 6.61 Å². The van der Waals surface area contributed by atoms with Crippen molar-refractivity contribution < 1.29 is 14.3 Å². The molecule has 4 heteroatoms. The summed E-state index contributed by atoms with van der Waals surface area (Å²) in [6.45, 7) is 3.49. The Morgan fingerprint density at radius 3 is 2.93 bits per heavy atom. The zero-order valence-electron chi connectivity index (χ0n) is 8.86. The van der Waals surface area contributed by atoms with Gasteiger partial charge in [0, 0.05) is 12.1 Å². The van der Waals surface area contributed by atoms with Crippen LogP contribution in [-0.4, -0.2) is 23.7 Å². The molecule has 0 aliphatic heterocycles. The van der Waals surface area contributed by atoms with Gasteiger partial charge in [-0.2, -0.15) is 0 Å². The van der Waals surface area contributed by atoms with Crippen LogP contribution in [0.15, 0.2) is 22.6 Å². The number of aliphatic hydroxyl groups excluding tert-OH is 1. The van der Waals surface area contributed by atoms with E-state index in [4.69, 9.17) is 9.52 Å². The van der Waals surface area contributed by atoms with Crippen LogP contribution in [0.2, 0.25) is 0 Å². The molecule has 15 heavy (non-hydrogen) atoms. The number of hydrogen-bond donors (Lipinski definition) is 2. The third-order valence-corrected chi connectivity index (χ3v) is 1.82. The highest BCUT2D eigenvalue weighted by molar-refractivity contribution is 5.91. The Kier molecular flexibility index (Phi) is 4.12. The molecular weight excluding hydrogens is 194 g/mol. The van der Waals surface area contributed by atoms with Crippen LogP contribution in [0.5, 0.6) is 0 Å². The van der Waals surface area contributed by atoms with Crippen LogP contribution in [0.25, 0.3) is 6.08 Å². The Morgan fingerprint density at radius 1 is 1.67 bits per heavy atom. The molecule has 1 rings (SSSR count). The van der Waals surface area contributed by atoms with Gasteiger partial charge in [-0.25, -0.2) is 0 Å². The van der Waals surface area contributed by atoms with Crippen molar-refractivity contribution in [1.29, 1.82) is 0 Å². The lowest BCUT2D eigenvalue weighted by molar-refractivity contribution is -0.117. The molecule has 0 saturated heterocycles. The molecule has 2 N–H and O–H groups in total. The van der Waals surface area contributed by atoms with Gasteiger partial charge in [-0.15, -0.1) is 0 Å². The molecule has 1 amide bonds. The van der Waals surface area contributed by atoms with E-state index in [1.54, 1.807) is 19.1 Å². The quantitative estimate of drug-likeness (QED) is 0.730. The predicted octanol–water partition coefficient (Wildman–Crippen LogP) is 1.10. The molecular formula is C11H15NO3. The Balaban J connectivity index is 2.47. The molecule has 1 heterocycles. The molecule has 1 unspecified atom stereocenters. The fourth-order valence-electron chi connectivity index (χ4n) is 1.04. The van der Waals surface area contributed by atoms with E-state index in [1.165, 1.54) is 6.08 Å². The first kappa shape index (κ1) is 11.5. The zero-order chi connectivity index (χ0) is 11.3. The first-order valence-electron chi connectivity index (χ1n) is 4.77. The SMILES string of the molecule is Cc1ccc(/C=C/C(=O)NC(C)CO)o1. The summed E-state index contributed by atoms with van der Waals surface area (Å²) in [4.78, 5) is 11.2. The van der Waals surface area contributed by atoms with Gasteiger partial charge < -0.3 is 14.8 Å². The maximum absolute atomic E-state index is 11.2. The normalized spacial score (nSPS) is 13.0. The van der Waals surface area contributed by atoms with E-state index in [0.717, 1.165) is 5.76 Å². The van der Waals surface area contributed by atoms with Crippen molar-refractivity contribution in [3.63, 3.8) is 0 Å². The lowest BCUT2D eigenvalue weighted by Gasteiger charge is -2.07. The molecule has 1 aromatic rings. The minimum absolute atomic E-state index is 0.0700. The molecule has 0 spiro atoms. The van der Waals surface area contributed by atoms with Crippen molar-refractivity contribution in [2.24, 2.45) is 0 Å². The van der Waals surface area contributed by atoms with Gasteiger partial charge in [-0.05, 0) is 32.1 Å². The Labute approximate surface area is 88.6 Å². The number of hydrogen-bond acceptors (Lipinski definition) is 3. The van der Waals surface area contributed by atoms with Gasteiger partial charge in [0.15, 0.2) is 0 Å². The summed E-state index contributed by atoms with van der Waals surface area (Å²) in [5.41, 5.74) is 0. The molecule has 0 bridgehead atoms. The number of rotatable bonds is 4. The second-order valence-electron chi connectivity index (χ2n) is 3.37. The number of nitrogens with one attached hydrogen (secondary N) is 1. The Bertz CT molecular complexity index is 354. The average molecular weight is 209 g/mol. The fraction of sp³-hybridized carbons (Fsp3) is 0.364. The van der Waals surface area contributed by atoms with Crippen molar-refractivity contribution >= 4 is 12.0 Å². The maximum atomic E-state index is 11.2. The van der Waals surface area contributed by atoms with E-state index in [0.29, 0.717) is 5.76 Å². The van der Waals surface area contributed by atoms with Crippen LogP contribution in [0.1, 0.15) is 18.4 Å². The third kappa shape index (κ3) is 3.99. The highest BCUT2D eigenvalue weighted by Crippen LogP contribution is 2.07. The molecule has 0 aromatic carbocycles. The van der Waals surface area contributed by atoms with Gasteiger partial charge in [-0.3, -0.25) is 4.79 Å². The number of furan rings is 1.